The van der Waals surface area contributed by atoms with Gasteiger partial charge in [-0.2, -0.15) is 0 Å². The molecule has 6 nitrogen and oxygen atoms in total. The lowest BCUT2D eigenvalue weighted by atomic mass is 9.97. The Morgan fingerprint density at radius 2 is 1.86 bits per heavy atom. The van der Waals surface area contributed by atoms with Crippen LogP contribution in [0.4, 0.5) is 0 Å². The topological polar surface area (TPSA) is 66.4 Å². The summed E-state index contributed by atoms with van der Waals surface area (Å²) in [6, 6.07) is 11.3. The van der Waals surface area contributed by atoms with Crippen molar-refractivity contribution in [3.63, 3.8) is 0 Å². The molecule has 0 bridgehead atoms. The molecule has 2 aliphatic heterocycles. The van der Waals surface area contributed by atoms with E-state index in [4.69, 9.17) is 18.9 Å². The van der Waals surface area contributed by atoms with Crippen molar-refractivity contribution in [3.05, 3.63) is 62.9 Å². The van der Waals surface area contributed by atoms with E-state index in [2.05, 4.69) is 27.6 Å². The second-order valence-electron chi connectivity index (χ2n) is 6.08. The summed E-state index contributed by atoms with van der Waals surface area (Å²) in [4.78, 5) is 16.5. The van der Waals surface area contributed by atoms with E-state index in [9.17, 15) is 4.79 Å². The summed E-state index contributed by atoms with van der Waals surface area (Å²) in [5.74, 6) is 2.32. The third-order valence-electron chi connectivity index (χ3n) is 4.35. The van der Waals surface area contributed by atoms with Gasteiger partial charge in [0.25, 0.3) is 0 Å². The largest absolute Gasteiger partial charge is 0.493 e. The van der Waals surface area contributed by atoms with Crippen molar-refractivity contribution in [1.29, 1.82) is 0 Å². The van der Waals surface area contributed by atoms with Crippen molar-refractivity contribution in [2.24, 2.45) is 4.99 Å². The Labute approximate surface area is 175 Å². The second kappa shape index (κ2) is 7.31. The highest BCUT2D eigenvalue weighted by Gasteiger charge is 2.29. The first-order valence-corrected chi connectivity index (χ1v) is 9.52. The van der Waals surface area contributed by atoms with Crippen molar-refractivity contribution in [1.82, 2.24) is 0 Å². The molecule has 2 aliphatic rings. The number of fused-ring (bicyclic) bond motifs is 1. The highest BCUT2D eigenvalue weighted by Crippen LogP contribution is 2.42. The van der Waals surface area contributed by atoms with E-state index in [0.29, 0.717) is 34.5 Å². The van der Waals surface area contributed by atoms with Gasteiger partial charge in [-0.3, -0.25) is 0 Å². The summed E-state index contributed by atoms with van der Waals surface area (Å²) in [6.45, 7) is 1.65. The van der Waals surface area contributed by atoms with Gasteiger partial charge >= 0.3 is 5.97 Å². The van der Waals surface area contributed by atoms with Crippen LogP contribution in [0.15, 0.2) is 53.2 Å². The molecule has 0 saturated heterocycles. The summed E-state index contributed by atoms with van der Waals surface area (Å²) in [5.41, 5.74) is 2.50. The molecular formula is C21H16INO5. The molecule has 0 unspecified atom stereocenters. The predicted molar refractivity (Wildman–Crippen MR) is 113 cm³/mol. The molecule has 0 aromatic heterocycles. The number of ether oxygens (including phenoxy) is 4. The number of nitrogens with zero attached hydrogens (tertiary/aromatic N) is 1. The van der Waals surface area contributed by atoms with Crippen LogP contribution in [0, 0.1) is 3.57 Å². The minimum absolute atomic E-state index is 0.265. The van der Waals surface area contributed by atoms with Crippen LogP contribution in [-0.4, -0.2) is 26.1 Å². The van der Waals surface area contributed by atoms with Crippen molar-refractivity contribution in [2.75, 3.05) is 14.2 Å². The molecule has 0 saturated carbocycles. The number of methoxy groups -OCH3 is 2. The van der Waals surface area contributed by atoms with Gasteiger partial charge < -0.3 is 18.9 Å². The summed E-state index contributed by atoms with van der Waals surface area (Å²) in [6.07, 6.45) is 1.80. The molecule has 4 rings (SSSR count). The maximum absolute atomic E-state index is 12.3. The number of cyclic esters (lactones) is 1. The Morgan fingerprint density at radius 3 is 2.54 bits per heavy atom. The van der Waals surface area contributed by atoms with Gasteiger partial charge in [0.1, 0.15) is 11.5 Å². The molecule has 2 heterocycles. The molecule has 2 aromatic rings. The number of allylic oxidation sites excluding steroid dienone is 2. The number of hydrogen-bond donors (Lipinski definition) is 0. The van der Waals surface area contributed by atoms with Crippen LogP contribution in [0.5, 0.6) is 17.2 Å². The molecule has 0 radical (unpaired) electrons. The zero-order chi connectivity index (χ0) is 19.8. The Morgan fingerprint density at radius 1 is 1.07 bits per heavy atom. The Bertz CT molecular complexity index is 1080. The third kappa shape index (κ3) is 3.15. The quantitative estimate of drug-likeness (QED) is 0.363. The molecular weight excluding hydrogens is 473 g/mol. The highest BCUT2D eigenvalue weighted by molar-refractivity contribution is 14.1. The number of carbonyl (C=O) groups is 1. The van der Waals surface area contributed by atoms with Gasteiger partial charge in [-0.15, -0.1) is 0 Å². The first kappa shape index (κ1) is 18.5. The predicted octanol–water partition coefficient (Wildman–Crippen LogP) is 4.43. The standard InChI is InChI=1S/C21H16INO5/c1-11-23-19(21(24)27-11)14-10-17(28-16-7-5-4-6-13(14)16)12-8-15(22)20(26-3)18(9-12)25-2/h4-10H,1-3H3. The molecule has 0 amide bonds. The minimum Gasteiger partial charge on any atom is -0.493 e. The van der Waals surface area contributed by atoms with Gasteiger partial charge in [-0.1, -0.05) is 18.2 Å². The molecule has 2 aromatic carbocycles. The molecule has 28 heavy (non-hydrogen) atoms. The zero-order valence-corrected chi connectivity index (χ0v) is 17.6. The van der Waals surface area contributed by atoms with Gasteiger partial charge in [-0.05, 0) is 46.9 Å². The number of para-hydroxylation sites is 1. The van der Waals surface area contributed by atoms with E-state index in [1.807, 2.05) is 36.4 Å². The first-order chi connectivity index (χ1) is 13.5. The van der Waals surface area contributed by atoms with Crippen molar-refractivity contribution in [2.45, 2.75) is 6.92 Å². The smallest absolute Gasteiger partial charge is 0.364 e. The van der Waals surface area contributed by atoms with Crippen LogP contribution >= 0.6 is 22.6 Å². The highest BCUT2D eigenvalue weighted by atomic mass is 127. The number of halogens is 1. The van der Waals surface area contributed by atoms with Crippen molar-refractivity contribution >= 4 is 45.8 Å². The van der Waals surface area contributed by atoms with Crippen LogP contribution in [0.2, 0.25) is 0 Å². The van der Waals surface area contributed by atoms with Crippen molar-refractivity contribution < 1.29 is 23.7 Å². The van der Waals surface area contributed by atoms with E-state index in [1.165, 1.54) is 0 Å². The SMILES string of the molecule is COc1cc(C2=CC(=C3N=C(C)OC3=O)c3ccccc3O2)cc(I)c1OC. The average Bonchev–Trinajstić information content (AvgIpc) is 3.04. The Kier molecular flexibility index (Phi) is 4.84. The number of carbonyl (C=O) groups excluding carboxylic acids is 1. The monoisotopic (exact) mass is 489 g/mol. The van der Waals surface area contributed by atoms with E-state index < -0.39 is 5.97 Å². The Balaban J connectivity index is 1.92. The number of aliphatic imine (C=N–C) groups is 1. The van der Waals surface area contributed by atoms with Crippen LogP contribution in [0.1, 0.15) is 18.1 Å². The third-order valence-corrected chi connectivity index (χ3v) is 5.15. The number of benzene rings is 2. The van der Waals surface area contributed by atoms with E-state index in [1.54, 1.807) is 27.2 Å². The lowest BCUT2D eigenvalue weighted by molar-refractivity contribution is -0.130. The number of hydrogen-bond acceptors (Lipinski definition) is 6. The summed E-state index contributed by atoms with van der Waals surface area (Å²) in [7, 11) is 3.18. The van der Waals surface area contributed by atoms with Crippen LogP contribution < -0.4 is 14.2 Å². The average molecular weight is 489 g/mol. The number of rotatable bonds is 3. The lowest BCUT2D eigenvalue weighted by Gasteiger charge is -2.21. The van der Waals surface area contributed by atoms with E-state index >= 15 is 0 Å². The fourth-order valence-corrected chi connectivity index (χ4v) is 3.93. The maximum Gasteiger partial charge on any atom is 0.364 e. The van der Waals surface area contributed by atoms with Crippen molar-refractivity contribution in [3.8, 4) is 17.2 Å². The number of esters is 1. The summed E-state index contributed by atoms with van der Waals surface area (Å²) < 4.78 is 23.0. The van der Waals surface area contributed by atoms with Gasteiger partial charge in [0.15, 0.2) is 23.1 Å². The molecule has 0 fully saturated rings. The first-order valence-electron chi connectivity index (χ1n) is 8.44. The van der Waals surface area contributed by atoms with Gasteiger partial charge in [0.2, 0.25) is 0 Å². The molecule has 0 atom stereocenters. The zero-order valence-electron chi connectivity index (χ0n) is 15.4. The normalized spacial score (nSPS) is 17.9. The molecule has 7 heteroatoms. The maximum atomic E-state index is 12.3. The molecule has 142 valence electrons. The van der Waals surface area contributed by atoms with Crippen LogP contribution in [0.3, 0.4) is 0 Å². The van der Waals surface area contributed by atoms with Gasteiger partial charge in [0.05, 0.1) is 17.8 Å². The lowest BCUT2D eigenvalue weighted by Crippen LogP contribution is -2.08. The fraction of sp³-hybridized carbons (Fsp3) is 0.143. The Hall–Kier alpha value is -2.81. The summed E-state index contributed by atoms with van der Waals surface area (Å²) >= 11 is 2.18. The second-order valence-corrected chi connectivity index (χ2v) is 7.25. The van der Waals surface area contributed by atoms with Crippen LogP contribution in [-0.2, 0) is 9.53 Å². The minimum atomic E-state index is -0.471. The van der Waals surface area contributed by atoms with Gasteiger partial charge in [0, 0.05) is 23.6 Å². The van der Waals surface area contributed by atoms with Crippen LogP contribution in [0.25, 0.3) is 11.3 Å². The summed E-state index contributed by atoms with van der Waals surface area (Å²) in [5, 5.41) is 0. The molecule has 0 aliphatic carbocycles. The van der Waals surface area contributed by atoms with Gasteiger partial charge in [-0.25, -0.2) is 9.79 Å². The fourth-order valence-electron chi connectivity index (χ4n) is 3.11. The molecule has 0 N–H and O–H groups in total. The van der Waals surface area contributed by atoms with E-state index in [-0.39, 0.29) is 5.70 Å². The molecule has 0 spiro atoms. The van der Waals surface area contributed by atoms with E-state index in [0.717, 1.165) is 14.7 Å².